The third-order valence-corrected chi connectivity index (χ3v) is 3.73. The number of hydrogen-bond acceptors (Lipinski definition) is 5. The quantitative estimate of drug-likeness (QED) is 0.702. The molecule has 1 aromatic heterocycles. The van der Waals surface area contributed by atoms with Crippen molar-refractivity contribution < 1.29 is 23.1 Å². The van der Waals surface area contributed by atoms with Gasteiger partial charge in [-0.05, 0) is 30.7 Å². The smallest absolute Gasteiger partial charge is 0.433 e. The summed E-state index contributed by atoms with van der Waals surface area (Å²) >= 11 is 3.33. The lowest BCUT2D eigenvalue weighted by atomic mass is 10.2. The molecule has 1 heterocycles. The minimum absolute atomic E-state index is 0.105. The maximum atomic E-state index is 12.9. The second-order valence-corrected chi connectivity index (χ2v) is 5.65. The van der Waals surface area contributed by atoms with Gasteiger partial charge in [-0.3, -0.25) is 4.79 Å². The van der Waals surface area contributed by atoms with Crippen LogP contribution in [0.2, 0.25) is 0 Å². The van der Waals surface area contributed by atoms with Crippen LogP contribution in [0.1, 0.15) is 11.3 Å². The molecule has 1 aromatic carbocycles. The molecule has 10 heteroatoms. The molecule has 0 amide bonds. The summed E-state index contributed by atoms with van der Waals surface area (Å²) in [5.74, 6) is -1.77. The molecule has 0 aliphatic carbocycles. The zero-order valence-electron chi connectivity index (χ0n) is 12.3. The van der Waals surface area contributed by atoms with E-state index < -0.39 is 30.3 Å². The molecule has 0 saturated carbocycles. The molecule has 128 valence electrons. The summed E-state index contributed by atoms with van der Waals surface area (Å²) in [6.07, 6.45) is -4.69. The lowest BCUT2D eigenvalue weighted by molar-refractivity contribution is -0.141. The molecule has 2 rings (SSSR count). The minimum atomic E-state index is -4.69. The van der Waals surface area contributed by atoms with E-state index in [0.717, 1.165) is 16.1 Å². The van der Waals surface area contributed by atoms with Crippen LogP contribution >= 0.6 is 15.9 Å². The van der Waals surface area contributed by atoms with Crippen molar-refractivity contribution >= 4 is 39.4 Å². The Morgan fingerprint density at radius 2 is 2.00 bits per heavy atom. The predicted octanol–water partition coefficient (Wildman–Crippen LogP) is 3.81. The predicted molar refractivity (Wildman–Crippen MR) is 85.3 cm³/mol. The van der Waals surface area contributed by atoms with E-state index in [-0.39, 0.29) is 5.82 Å². The number of alkyl halides is 3. The number of carboxylic acid groups (broad SMARTS) is 1. The van der Waals surface area contributed by atoms with E-state index in [1.54, 1.807) is 18.2 Å². The van der Waals surface area contributed by atoms with E-state index in [0.29, 0.717) is 5.69 Å². The van der Waals surface area contributed by atoms with Crippen LogP contribution in [0.5, 0.6) is 0 Å². The number of aliphatic carboxylic acids is 1. The first-order valence-electron chi connectivity index (χ1n) is 6.60. The van der Waals surface area contributed by atoms with Crippen molar-refractivity contribution in [3.05, 3.63) is 40.0 Å². The molecule has 0 fully saturated rings. The number of carboxylic acids is 1. The average Bonchev–Trinajstić information content (AvgIpc) is 2.48. The van der Waals surface area contributed by atoms with Crippen molar-refractivity contribution in [3.8, 4) is 0 Å². The fourth-order valence-electron chi connectivity index (χ4n) is 1.76. The molecule has 0 aliphatic heterocycles. The number of benzene rings is 1. The molecule has 2 aromatic rings. The Bertz CT molecular complexity index is 768. The highest BCUT2D eigenvalue weighted by molar-refractivity contribution is 9.10. The lowest BCUT2D eigenvalue weighted by Gasteiger charge is -2.12. The zero-order valence-corrected chi connectivity index (χ0v) is 13.9. The van der Waals surface area contributed by atoms with Gasteiger partial charge in [0.2, 0.25) is 5.95 Å². The van der Waals surface area contributed by atoms with Gasteiger partial charge in [0, 0.05) is 16.2 Å². The van der Waals surface area contributed by atoms with Gasteiger partial charge in [0.25, 0.3) is 0 Å². The van der Waals surface area contributed by atoms with Crippen LogP contribution in [0, 0.1) is 6.92 Å². The van der Waals surface area contributed by atoms with Crippen molar-refractivity contribution in [3.63, 3.8) is 0 Å². The lowest BCUT2D eigenvalue weighted by Crippen LogP contribution is -2.17. The molecule has 0 radical (unpaired) electrons. The number of nitrogens with one attached hydrogen (secondary N) is 2. The van der Waals surface area contributed by atoms with Gasteiger partial charge < -0.3 is 15.7 Å². The molecular weight excluding hydrogens is 393 g/mol. The number of hydrogen-bond donors (Lipinski definition) is 3. The number of rotatable bonds is 5. The monoisotopic (exact) mass is 404 g/mol. The summed E-state index contributed by atoms with van der Waals surface area (Å²) in [7, 11) is 0. The Labute approximate surface area is 143 Å². The fourth-order valence-corrected chi connectivity index (χ4v) is 2.01. The Balaban J connectivity index is 2.34. The Morgan fingerprint density at radius 1 is 1.29 bits per heavy atom. The first kappa shape index (κ1) is 18.0. The highest BCUT2D eigenvalue weighted by atomic mass is 79.9. The average molecular weight is 405 g/mol. The zero-order chi connectivity index (χ0) is 17.9. The van der Waals surface area contributed by atoms with Crippen LogP contribution in [0.3, 0.4) is 0 Å². The van der Waals surface area contributed by atoms with Gasteiger partial charge >= 0.3 is 12.1 Å². The van der Waals surface area contributed by atoms with Gasteiger partial charge in [0.1, 0.15) is 12.4 Å². The van der Waals surface area contributed by atoms with Gasteiger partial charge in [-0.1, -0.05) is 15.9 Å². The van der Waals surface area contributed by atoms with Crippen molar-refractivity contribution in [1.29, 1.82) is 0 Å². The van der Waals surface area contributed by atoms with Gasteiger partial charge in [0.05, 0.1) is 0 Å². The summed E-state index contributed by atoms with van der Waals surface area (Å²) in [6.45, 7) is 1.23. The van der Waals surface area contributed by atoms with Crippen LogP contribution in [0.4, 0.5) is 30.6 Å². The standard InChI is InChI=1S/C14H12BrF3N4O2/c1-7-4-8(2-3-9(7)15)20-11-5-10(14(16,17)18)21-13(22-11)19-6-12(23)24/h2-5H,6H2,1H3,(H,23,24)(H2,19,20,21,22). The molecular formula is C14H12BrF3N4O2. The maximum absolute atomic E-state index is 12.9. The molecule has 0 unspecified atom stereocenters. The van der Waals surface area contributed by atoms with E-state index in [4.69, 9.17) is 5.11 Å². The van der Waals surface area contributed by atoms with Gasteiger partial charge in [0.15, 0.2) is 5.69 Å². The molecule has 0 aliphatic rings. The number of halogens is 4. The molecule has 0 atom stereocenters. The summed E-state index contributed by atoms with van der Waals surface area (Å²) in [5.41, 5.74) is 0.239. The number of carbonyl (C=O) groups is 1. The van der Waals surface area contributed by atoms with Crippen LogP contribution in [-0.4, -0.2) is 27.6 Å². The van der Waals surface area contributed by atoms with Gasteiger partial charge in [-0.2, -0.15) is 18.2 Å². The SMILES string of the molecule is Cc1cc(Nc2cc(C(F)(F)F)nc(NCC(=O)O)n2)ccc1Br. The molecule has 0 bridgehead atoms. The number of nitrogens with zero attached hydrogens (tertiary/aromatic N) is 2. The molecule has 0 spiro atoms. The van der Waals surface area contributed by atoms with Crippen molar-refractivity contribution in [2.45, 2.75) is 13.1 Å². The van der Waals surface area contributed by atoms with Crippen LogP contribution in [-0.2, 0) is 11.0 Å². The van der Waals surface area contributed by atoms with E-state index in [9.17, 15) is 18.0 Å². The van der Waals surface area contributed by atoms with Crippen molar-refractivity contribution in [2.24, 2.45) is 0 Å². The van der Waals surface area contributed by atoms with Gasteiger partial charge in [-0.15, -0.1) is 0 Å². The molecule has 0 saturated heterocycles. The second kappa shape index (κ2) is 7.04. The largest absolute Gasteiger partial charge is 0.480 e. The molecule has 3 N–H and O–H groups in total. The third-order valence-electron chi connectivity index (χ3n) is 2.84. The molecule has 24 heavy (non-hydrogen) atoms. The van der Waals surface area contributed by atoms with Crippen molar-refractivity contribution in [1.82, 2.24) is 9.97 Å². The topological polar surface area (TPSA) is 87.1 Å². The normalized spacial score (nSPS) is 11.2. The van der Waals surface area contributed by atoms with E-state index in [2.05, 4.69) is 36.5 Å². The number of aryl methyl sites for hydroxylation is 1. The molecule has 6 nitrogen and oxygen atoms in total. The Morgan fingerprint density at radius 3 is 2.58 bits per heavy atom. The van der Waals surface area contributed by atoms with E-state index in [1.165, 1.54) is 0 Å². The first-order chi connectivity index (χ1) is 11.1. The van der Waals surface area contributed by atoms with Gasteiger partial charge in [-0.25, -0.2) is 4.98 Å². The van der Waals surface area contributed by atoms with Crippen LogP contribution in [0.25, 0.3) is 0 Å². The minimum Gasteiger partial charge on any atom is -0.480 e. The number of aromatic nitrogens is 2. The summed E-state index contributed by atoms with van der Waals surface area (Å²) in [5, 5.41) is 13.6. The van der Waals surface area contributed by atoms with E-state index >= 15 is 0 Å². The van der Waals surface area contributed by atoms with Crippen LogP contribution in [0.15, 0.2) is 28.7 Å². The third kappa shape index (κ3) is 4.82. The number of anilines is 3. The van der Waals surface area contributed by atoms with Crippen LogP contribution < -0.4 is 10.6 Å². The Kier molecular flexibility index (Phi) is 5.27. The summed E-state index contributed by atoms with van der Waals surface area (Å²) in [4.78, 5) is 17.7. The first-order valence-corrected chi connectivity index (χ1v) is 7.39. The maximum Gasteiger partial charge on any atom is 0.433 e. The summed E-state index contributed by atoms with van der Waals surface area (Å²) < 4.78 is 39.7. The fraction of sp³-hybridized carbons (Fsp3) is 0.214. The van der Waals surface area contributed by atoms with Crippen molar-refractivity contribution in [2.75, 3.05) is 17.2 Å². The highest BCUT2D eigenvalue weighted by Crippen LogP contribution is 2.30. The Hall–Kier alpha value is -2.36. The summed E-state index contributed by atoms with van der Waals surface area (Å²) in [6, 6.07) is 5.89. The highest BCUT2D eigenvalue weighted by Gasteiger charge is 2.33. The second-order valence-electron chi connectivity index (χ2n) is 4.80. The van der Waals surface area contributed by atoms with E-state index in [1.807, 2.05) is 6.92 Å².